The Labute approximate surface area is 146 Å². The van der Waals surface area contributed by atoms with Crippen LogP contribution in [0.3, 0.4) is 0 Å². The van der Waals surface area contributed by atoms with Crippen molar-refractivity contribution < 1.29 is 22.9 Å². The number of hydrogen-bond acceptors (Lipinski definition) is 0. The minimum atomic E-state index is -0.979. The normalized spacial score (nSPS) is 23.0. The van der Waals surface area contributed by atoms with Gasteiger partial charge < -0.3 is 0 Å². The second-order valence-corrected chi connectivity index (χ2v) is 13.5. The molecule has 0 fully saturated rings. The zero-order valence-electron chi connectivity index (χ0n) is 14.7. The summed E-state index contributed by atoms with van der Waals surface area (Å²) in [6.07, 6.45) is 3.79. The van der Waals surface area contributed by atoms with E-state index in [9.17, 15) is 0 Å². The average molecular weight is 457 g/mol. The Morgan fingerprint density at radius 3 is 2.18 bits per heavy atom. The van der Waals surface area contributed by atoms with Gasteiger partial charge in [0.05, 0.1) is 0 Å². The molecule has 0 saturated heterocycles. The van der Waals surface area contributed by atoms with Gasteiger partial charge in [0.1, 0.15) is 0 Å². The summed E-state index contributed by atoms with van der Waals surface area (Å²) in [7, 11) is 0. The van der Waals surface area contributed by atoms with E-state index in [0.29, 0.717) is 9.09 Å². The van der Waals surface area contributed by atoms with Crippen LogP contribution in [0.15, 0.2) is 49.9 Å². The second-order valence-electron chi connectivity index (χ2n) is 6.94. The molecule has 3 rings (SSSR count). The Balaban J connectivity index is 1.98. The molecule has 0 spiro atoms. The van der Waals surface area contributed by atoms with Gasteiger partial charge in [0.15, 0.2) is 0 Å². The molecule has 22 heavy (non-hydrogen) atoms. The van der Waals surface area contributed by atoms with E-state index in [-0.39, 0.29) is 0 Å². The Bertz CT molecular complexity index is 691. The fourth-order valence-electron chi connectivity index (χ4n) is 4.03. The zero-order valence-corrected chi connectivity index (χ0v) is 18.3. The van der Waals surface area contributed by atoms with Gasteiger partial charge in [-0.1, -0.05) is 0 Å². The standard InChI is InChI=1S/C11H11.C10H15.Hf/c1-2-9-7-8-10-5-3-4-6-11(9)10;1-6-7(2)9(4)10(5)8(6)3;/h3-6,8-9H,2H2,1H3;1-5H3;. The molecule has 0 aliphatic heterocycles. The average Bonchev–Trinajstić information content (AvgIpc) is 2.93. The molecule has 1 atom stereocenters. The maximum atomic E-state index is 2.54. The molecule has 2 aliphatic rings. The third kappa shape index (κ3) is 2.28. The number of benzene rings is 1. The predicted molar refractivity (Wildman–Crippen MR) is 92.6 cm³/mol. The van der Waals surface area contributed by atoms with Gasteiger partial charge >= 0.3 is 147 Å². The summed E-state index contributed by atoms with van der Waals surface area (Å²) in [6.45, 7) is 14.3. The molecule has 0 N–H and O–H groups in total. The Morgan fingerprint density at radius 2 is 1.59 bits per heavy atom. The third-order valence-corrected chi connectivity index (χ3v) is 13.3. The Hall–Kier alpha value is -0.690. The van der Waals surface area contributed by atoms with Crippen LogP contribution in [0.5, 0.6) is 0 Å². The number of allylic oxidation sites excluding steroid dienone is 5. The summed E-state index contributed by atoms with van der Waals surface area (Å²) in [4.78, 5) is 0. The fourth-order valence-corrected chi connectivity index (χ4v) is 11.5. The first-order chi connectivity index (χ1) is 10.4. The van der Waals surface area contributed by atoms with Crippen LogP contribution in [0, 0.1) is 0 Å². The molecule has 0 bridgehead atoms. The third-order valence-electron chi connectivity index (χ3n) is 6.05. The number of rotatable bonds is 3. The van der Waals surface area contributed by atoms with Gasteiger partial charge in [0.2, 0.25) is 0 Å². The van der Waals surface area contributed by atoms with Crippen LogP contribution >= 0.6 is 0 Å². The van der Waals surface area contributed by atoms with Crippen molar-refractivity contribution in [3.63, 3.8) is 0 Å². The first kappa shape index (κ1) is 16.2. The molecule has 0 amide bonds. The maximum absolute atomic E-state index is 2.54. The van der Waals surface area contributed by atoms with Crippen molar-refractivity contribution in [2.24, 2.45) is 0 Å². The summed E-state index contributed by atoms with van der Waals surface area (Å²) in [6, 6.07) is 9.02. The SMILES string of the molecule is CCC1[C]([Hf][C]2(C)C(C)=C(C)C(C)=C2C)=Cc2ccccc21. The first-order valence-electron chi connectivity index (χ1n) is 8.35. The van der Waals surface area contributed by atoms with Gasteiger partial charge in [0.25, 0.3) is 0 Å². The molecule has 114 valence electrons. The summed E-state index contributed by atoms with van der Waals surface area (Å²) in [5.41, 5.74) is 9.46. The zero-order chi connectivity index (χ0) is 16.1. The number of fused-ring (bicyclic) bond motifs is 1. The van der Waals surface area contributed by atoms with Gasteiger partial charge in [0, 0.05) is 0 Å². The minimum absolute atomic E-state index is 0.398. The molecular formula is C21H26Hf. The van der Waals surface area contributed by atoms with Gasteiger partial charge in [-0.2, -0.15) is 0 Å². The molecule has 0 nitrogen and oxygen atoms in total. The topological polar surface area (TPSA) is 0 Å². The first-order valence-corrected chi connectivity index (χ1v) is 11.9. The van der Waals surface area contributed by atoms with E-state index >= 15 is 0 Å². The molecule has 0 heterocycles. The van der Waals surface area contributed by atoms with Crippen LogP contribution in [0.4, 0.5) is 0 Å². The molecule has 1 heteroatoms. The molecule has 0 aromatic heterocycles. The van der Waals surface area contributed by atoms with Crippen molar-refractivity contribution in [1.82, 2.24) is 0 Å². The second kappa shape index (κ2) is 5.74. The predicted octanol–water partition coefficient (Wildman–Crippen LogP) is 6.48. The van der Waals surface area contributed by atoms with E-state index in [1.807, 2.05) is 3.33 Å². The van der Waals surface area contributed by atoms with Crippen LogP contribution in [0.2, 0.25) is 3.17 Å². The summed E-state index contributed by atoms with van der Waals surface area (Å²) >= 11 is -0.979. The van der Waals surface area contributed by atoms with Crippen molar-refractivity contribution in [3.05, 3.63) is 61.0 Å². The van der Waals surface area contributed by atoms with E-state index in [2.05, 4.69) is 71.9 Å². The van der Waals surface area contributed by atoms with Crippen molar-refractivity contribution >= 4 is 6.08 Å². The number of hydrogen-bond donors (Lipinski definition) is 0. The van der Waals surface area contributed by atoms with Gasteiger partial charge in [-0.15, -0.1) is 0 Å². The van der Waals surface area contributed by atoms with Crippen LogP contribution in [-0.4, -0.2) is 0 Å². The van der Waals surface area contributed by atoms with Crippen LogP contribution in [0.1, 0.15) is 65.0 Å². The van der Waals surface area contributed by atoms with Gasteiger partial charge in [-0.05, 0) is 0 Å². The van der Waals surface area contributed by atoms with Crippen molar-refractivity contribution in [1.29, 1.82) is 0 Å². The van der Waals surface area contributed by atoms with E-state index in [1.54, 1.807) is 27.9 Å². The quantitative estimate of drug-likeness (QED) is 0.456. The molecular weight excluding hydrogens is 431 g/mol. The van der Waals surface area contributed by atoms with E-state index in [4.69, 9.17) is 0 Å². The van der Waals surface area contributed by atoms with E-state index < -0.39 is 22.9 Å². The molecule has 0 radical (unpaired) electrons. The fraction of sp³-hybridized carbons (Fsp3) is 0.429. The van der Waals surface area contributed by atoms with Gasteiger partial charge in [-0.3, -0.25) is 0 Å². The summed E-state index contributed by atoms with van der Waals surface area (Å²) in [5.74, 6) is 0.693. The monoisotopic (exact) mass is 458 g/mol. The molecule has 2 aliphatic carbocycles. The molecule has 1 unspecified atom stereocenters. The van der Waals surface area contributed by atoms with E-state index in [1.165, 1.54) is 12.0 Å². The van der Waals surface area contributed by atoms with Crippen molar-refractivity contribution in [3.8, 4) is 0 Å². The summed E-state index contributed by atoms with van der Waals surface area (Å²) in [5, 5.41) is 0. The molecule has 0 saturated carbocycles. The molecule has 1 aromatic rings. The van der Waals surface area contributed by atoms with Gasteiger partial charge in [-0.25, -0.2) is 0 Å². The van der Waals surface area contributed by atoms with Crippen LogP contribution in [0.25, 0.3) is 6.08 Å². The van der Waals surface area contributed by atoms with Crippen LogP contribution < -0.4 is 0 Å². The van der Waals surface area contributed by atoms with Crippen molar-refractivity contribution in [2.75, 3.05) is 0 Å². The summed E-state index contributed by atoms with van der Waals surface area (Å²) < 4.78 is 2.21. The van der Waals surface area contributed by atoms with E-state index in [0.717, 1.165) is 0 Å². The van der Waals surface area contributed by atoms with Crippen molar-refractivity contribution in [2.45, 2.75) is 57.1 Å². The van der Waals surface area contributed by atoms with Crippen LogP contribution in [-0.2, 0) is 22.9 Å². The molecule has 1 aromatic carbocycles. The Kier molecular flexibility index (Phi) is 4.22. The Morgan fingerprint density at radius 1 is 1.00 bits per heavy atom.